The largest absolute Gasteiger partial charge is 0.481 e. The molecule has 0 fully saturated rings. The molecular formula is C21H41NO10. The highest BCUT2D eigenvalue weighted by Crippen LogP contribution is 2.01. The SMILES string of the molecule is CNCCOCCOCCOCCOCCOCCOCCOC(=O)CCCCC(=O)O. The molecule has 2 N–H and O–H groups in total. The van der Waals surface area contributed by atoms with E-state index in [0.717, 1.165) is 6.54 Å². The molecule has 0 rings (SSSR count). The second-order valence-corrected chi connectivity index (χ2v) is 6.60. The molecule has 11 nitrogen and oxygen atoms in total. The molecule has 0 aliphatic rings. The molecule has 0 bridgehead atoms. The Kier molecular flexibility index (Phi) is 24.8. The smallest absolute Gasteiger partial charge is 0.305 e. The van der Waals surface area contributed by atoms with E-state index in [0.29, 0.717) is 92.1 Å². The van der Waals surface area contributed by atoms with Crippen molar-refractivity contribution in [3.63, 3.8) is 0 Å². The Hall–Kier alpha value is -1.34. The molecule has 190 valence electrons. The third kappa shape index (κ3) is 26.7. The second kappa shape index (κ2) is 25.9. The van der Waals surface area contributed by atoms with E-state index in [1.807, 2.05) is 7.05 Å². The summed E-state index contributed by atoms with van der Waals surface area (Å²) < 4.78 is 37.1. The van der Waals surface area contributed by atoms with E-state index in [9.17, 15) is 9.59 Å². The van der Waals surface area contributed by atoms with Gasteiger partial charge in [-0.25, -0.2) is 0 Å². The molecule has 0 saturated carbocycles. The molecular weight excluding hydrogens is 426 g/mol. The highest BCUT2D eigenvalue weighted by atomic mass is 16.6. The van der Waals surface area contributed by atoms with Crippen molar-refractivity contribution in [3.8, 4) is 0 Å². The number of carboxylic acid groups (broad SMARTS) is 1. The molecule has 0 aromatic rings. The summed E-state index contributed by atoms with van der Waals surface area (Å²) in [6, 6.07) is 0. The summed E-state index contributed by atoms with van der Waals surface area (Å²) in [5.74, 6) is -1.20. The quantitative estimate of drug-likeness (QED) is 0.136. The van der Waals surface area contributed by atoms with Crippen LogP contribution in [0.2, 0.25) is 0 Å². The Balaban J connectivity index is 3.10. The minimum atomic E-state index is -0.857. The summed E-state index contributed by atoms with van der Waals surface area (Å²) in [4.78, 5) is 21.8. The molecule has 0 aliphatic carbocycles. The molecule has 0 aromatic heterocycles. The third-order valence-electron chi connectivity index (χ3n) is 3.87. The van der Waals surface area contributed by atoms with E-state index in [2.05, 4.69) is 5.32 Å². The van der Waals surface area contributed by atoms with Crippen LogP contribution in [0, 0.1) is 0 Å². The van der Waals surface area contributed by atoms with Gasteiger partial charge in [0, 0.05) is 19.4 Å². The minimum Gasteiger partial charge on any atom is -0.481 e. The van der Waals surface area contributed by atoms with Crippen LogP contribution in [0.3, 0.4) is 0 Å². The van der Waals surface area contributed by atoms with Crippen LogP contribution in [0.4, 0.5) is 0 Å². The number of ether oxygens (including phenoxy) is 7. The van der Waals surface area contributed by atoms with E-state index in [1.54, 1.807) is 0 Å². The van der Waals surface area contributed by atoms with Gasteiger partial charge < -0.3 is 43.6 Å². The number of carbonyl (C=O) groups is 2. The maximum Gasteiger partial charge on any atom is 0.305 e. The number of hydrogen-bond acceptors (Lipinski definition) is 10. The van der Waals surface area contributed by atoms with Crippen LogP contribution in [-0.4, -0.2) is 117 Å². The average molecular weight is 468 g/mol. The van der Waals surface area contributed by atoms with E-state index >= 15 is 0 Å². The van der Waals surface area contributed by atoms with Gasteiger partial charge in [-0.3, -0.25) is 9.59 Å². The van der Waals surface area contributed by atoms with Gasteiger partial charge in [0.25, 0.3) is 0 Å². The Morgan fingerprint density at radius 1 is 0.594 bits per heavy atom. The number of aliphatic carboxylic acids is 1. The topological polar surface area (TPSA) is 131 Å². The lowest BCUT2D eigenvalue weighted by Gasteiger charge is -2.08. The van der Waals surface area contributed by atoms with Crippen molar-refractivity contribution in [1.82, 2.24) is 5.32 Å². The van der Waals surface area contributed by atoms with Crippen molar-refractivity contribution in [2.45, 2.75) is 25.7 Å². The lowest BCUT2D eigenvalue weighted by Crippen LogP contribution is -2.17. The normalized spacial score (nSPS) is 11.0. The van der Waals surface area contributed by atoms with Crippen LogP contribution in [0.1, 0.15) is 25.7 Å². The number of carboxylic acids is 1. The number of likely N-dealkylation sites (N-methyl/N-ethyl adjacent to an activating group) is 1. The van der Waals surface area contributed by atoms with Gasteiger partial charge in [0.1, 0.15) is 6.61 Å². The van der Waals surface area contributed by atoms with E-state index in [1.165, 1.54) is 0 Å². The Morgan fingerprint density at radius 2 is 0.969 bits per heavy atom. The third-order valence-corrected chi connectivity index (χ3v) is 3.87. The minimum absolute atomic E-state index is 0.0686. The predicted octanol–water partition coefficient (Wildman–Crippen LogP) is 0.494. The molecule has 0 unspecified atom stereocenters. The van der Waals surface area contributed by atoms with Gasteiger partial charge in [0.05, 0.1) is 79.3 Å². The van der Waals surface area contributed by atoms with Gasteiger partial charge in [-0.1, -0.05) is 0 Å². The molecule has 0 saturated heterocycles. The first-order valence-electron chi connectivity index (χ1n) is 11.1. The van der Waals surface area contributed by atoms with Crippen molar-refractivity contribution >= 4 is 11.9 Å². The number of rotatable bonds is 26. The average Bonchev–Trinajstić information content (AvgIpc) is 2.77. The van der Waals surface area contributed by atoms with Crippen LogP contribution in [0.25, 0.3) is 0 Å². The zero-order valence-corrected chi connectivity index (χ0v) is 19.3. The first kappa shape index (κ1) is 30.7. The number of unbranched alkanes of at least 4 members (excludes halogenated alkanes) is 1. The van der Waals surface area contributed by atoms with E-state index < -0.39 is 5.97 Å². The Labute approximate surface area is 191 Å². The van der Waals surface area contributed by atoms with Crippen molar-refractivity contribution in [2.75, 3.05) is 99.5 Å². The summed E-state index contributed by atoms with van der Waals surface area (Å²) in [5.41, 5.74) is 0. The maximum absolute atomic E-state index is 11.4. The molecule has 0 aliphatic heterocycles. The van der Waals surface area contributed by atoms with E-state index in [4.69, 9.17) is 38.3 Å². The maximum atomic E-state index is 11.4. The van der Waals surface area contributed by atoms with Gasteiger partial charge >= 0.3 is 11.9 Å². The second-order valence-electron chi connectivity index (χ2n) is 6.60. The lowest BCUT2D eigenvalue weighted by atomic mass is 10.2. The first-order valence-corrected chi connectivity index (χ1v) is 11.1. The fourth-order valence-electron chi connectivity index (χ4n) is 2.21. The van der Waals surface area contributed by atoms with Gasteiger partial charge in [0.15, 0.2) is 0 Å². The summed E-state index contributed by atoms with van der Waals surface area (Å²) in [6.45, 7) is 6.96. The van der Waals surface area contributed by atoms with Crippen LogP contribution < -0.4 is 5.32 Å². The van der Waals surface area contributed by atoms with Crippen molar-refractivity contribution in [1.29, 1.82) is 0 Å². The zero-order chi connectivity index (χ0) is 23.5. The highest BCUT2D eigenvalue weighted by Gasteiger charge is 2.04. The highest BCUT2D eigenvalue weighted by molar-refractivity contribution is 5.69. The number of hydrogen-bond donors (Lipinski definition) is 2. The molecule has 0 aromatic carbocycles. The summed E-state index contributed by atoms with van der Waals surface area (Å²) in [6.07, 6.45) is 1.27. The lowest BCUT2D eigenvalue weighted by molar-refractivity contribution is -0.146. The standard InChI is InChI=1S/C21H41NO10/c1-22-6-7-26-8-9-27-10-11-28-12-13-29-14-15-30-16-17-31-18-19-32-21(25)5-3-2-4-20(23)24/h22H,2-19H2,1H3,(H,23,24). The molecule has 0 atom stereocenters. The fraction of sp³-hybridized carbons (Fsp3) is 0.905. The Bertz CT molecular complexity index is 425. The first-order chi connectivity index (χ1) is 15.7. The summed E-state index contributed by atoms with van der Waals surface area (Å²) >= 11 is 0. The molecule has 0 heterocycles. The van der Waals surface area contributed by atoms with Crippen molar-refractivity contribution in [3.05, 3.63) is 0 Å². The van der Waals surface area contributed by atoms with E-state index in [-0.39, 0.29) is 25.4 Å². The summed E-state index contributed by atoms with van der Waals surface area (Å²) in [5, 5.41) is 11.5. The number of esters is 1. The van der Waals surface area contributed by atoms with Gasteiger partial charge in [-0.2, -0.15) is 0 Å². The van der Waals surface area contributed by atoms with Crippen LogP contribution >= 0.6 is 0 Å². The van der Waals surface area contributed by atoms with Crippen LogP contribution in [0.15, 0.2) is 0 Å². The number of carbonyl (C=O) groups excluding carboxylic acids is 1. The molecule has 0 spiro atoms. The van der Waals surface area contributed by atoms with Crippen molar-refractivity contribution < 1.29 is 47.9 Å². The molecule has 11 heteroatoms. The van der Waals surface area contributed by atoms with Gasteiger partial charge in [0.2, 0.25) is 0 Å². The van der Waals surface area contributed by atoms with Crippen LogP contribution in [-0.2, 0) is 42.7 Å². The fourth-order valence-corrected chi connectivity index (χ4v) is 2.21. The van der Waals surface area contributed by atoms with Crippen molar-refractivity contribution in [2.24, 2.45) is 0 Å². The monoisotopic (exact) mass is 467 g/mol. The summed E-state index contributed by atoms with van der Waals surface area (Å²) in [7, 11) is 1.88. The Morgan fingerprint density at radius 3 is 1.38 bits per heavy atom. The number of nitrogens with one attached hydrogen (secondary N) is 1. The molecule has 0 radical (unpaired) electrons. The predicted molar refractivity (Wildman–Crippen MR) is 116 cm³/mol. The van der Waals surface area contributed by atoms with Gasteiger partial charge in [-0.05, 0) is 19.9 Å². The molecule has 0 amide bonds. The van der Waals surface area contributed by atoms with Gasteiger partial charge in [-0.15, -0.1) is 0 Å². The molecule has 32 heavy (non-hydrogen) atoms. The zero-order valence-electron chi connectivity index (χ0n) is 19.3. The van der Waals surface area contributed by atoms with Crippen LogP contribution in [0.5, 0.6) is 0 Å².